The molecule has 0 fully saturated rings. The highest BCUT2D eigenvalue weighted by atomic mass is 28.4. The number of ketones is 1. The van der Waals surface area contributed by atoms with Crippen molar-refractivity contribution < 1.29 is 14.0 Å². The van der Waals surface area contributed by atoms with Crippen LogP contribution in [-0.4, -0.2) is 26.3 Å². The van der Waals surface area contributed by atoms with Crippen molar-refractivity contribution in [3.05, 3.63) is 11.3 Å². The fourth-order valence-corrected chi connectivity index (χ4v) is 4.26. The van der Waals surface area contributed by atoms with E-state index in [-0.39, 0.29) is 34.9 Å². The molecule has 0 aromatic carbocycles. The quantitative estimate of drug-likeness (QED) is 0.635. The summed E-state index contributed by atoms with van der Waals surface area (Å²) < 4.78 is 12.7. The first kappa shape index (κ1) is 20.4. The van der Waals surface area contributed by atoms with Crippen LogP contribution < -0.4 is 0 Å². The molecule has 134 valence electrons. The van der Waals surface area contributed by atoms with Gasteiger partial charge in [-0.15, -0.1) is 0 Å². The molecule has 0 amide bonds. The number of ether oxygens (including phenoxy) is 1. The molecule has 0 unspecified atom stereocenters. The maximum atomic E-state index is 12.4. The molecule has 1 heterocycles. The molecule has 23 heavy (non-hydrogen) atoms. The highest BCUT2D eigenvalue weighted by molar-refractivity contribution is 6.74. The first-order valence-electron chi connectivity index (χ1n) is 8.93. The van der Waals surface area contributed by atoms with Crippen molar-refractivity contribution in [1.29, 1.82) is 0 Å². The Morgan fingerprint density at radius 1 is 1.26 bits per heavy atom. The average Bonchev–Trinajstić information content (AvgIpc) is 2.44. The van der Waals surface area contributed by atoms with Crippen LogP contribution in [0.5, 0.6) is 0 Å². The van der Waals surface area contributed by atoms with Gasteiger partial charge in [0, 0.05) is 11.5 Å². The van der Waals surface area contributed by atoms with Gasteiger partial charge in [0.1, 0.15) is 11.9 Å². The first-order valence-corrected chi connectivity index (χ1v) is 11.8. The summed E-state index contributed by atoms with van der Waals surface area (Å²) in [5.74, 6) is 1.10. The number of allylic oxidation sites excluding steroid dienone is 1. The van der Waals surface area contributed by atoms with Crippen molar-refractivity contribution in [2.75, 3.05) is 0 Å². The van der Waals surface area contributed by atoms with Crippen molar-refractivity contribution in [2.45, 2.75) is 92.2 Å². The zero-order valence-corrected chi connectivity index (χ0v) is 17.7. The molecule has 4 heteroatoms. The number of hydrogen-bond donors (Lipinski definition) is 0. The van der Waals surface area contributed by atoms with Gasteiger partial charge in [-0.1, -0.05) is 41.5 Å². The van der Waals surface area contributed by atoms with E-state index in [0.29, 0.717) is 0 Å². The van der Waals surface area contributed by atoms with E-state index in [1.54, 1.807) is 0 Å². The second-order valence-corrected chi connectivity index (χ2v) is 13.3. The van der Waals surface area contributed by atoms with E-state index < -0.39 is 8.32 Å². The van der Waals surface area contributed by atoms with Crippen LogP contribution >= 0.6 is 0 Å². The molecule has 1 aliphatic rings. The molecule has 0 N–H and O–H groups in total. The third-order valence-corrected chi connectivity index (χ3v) is 10.3. The van der Waals surface area contributed by atoms with Crippen molar-refractivity contribution in [1.82, 2.24) is 0 Å². The van der Waals surface area contributed by atoms with Crippen LogP contribution in [0.1, 0.15) is 61.8 Å². The van der Waals surface area contributed by atoms with Crippen molar-refractivity contribution in [3.8, 4) is 0 Å². The van der Waals surface area contributed by atoms with Crippen molar-refractivity contribution >= 4 is 14.1 Å². The fraction of sp³-hybridized carbons (Fsp3) is 0.842. The van der Waals surface area contributed by atoms with Crippen LogP contribution in [0.25, 0.3) is 0 Å². The average molecular weight is 341 g/mol. The Morgan fingerprint density at radius 3 is 2.22 bits per heavy atom. The standard InChI is InChI=1S/C19H36O3Si/c1-11-16(22-23(9,10)19(6,7)8)13(3)18-14(4)17(20)12(2)15(5)21-18/h12-13,15-16H,11H2,1-10H3/t12-,13+,15+,16+/m1/s1. The van der Waals surface area contributed by atoms with Gasteiger partial charge in [-0.3, -0.25) is 4.79 Å². The molecule has 0 aromatic rings. The van der Waals surface area contributed by atoms with Crippen LogP contribution in [0, 0.1) is 11.8 Å². The minimum absolute atomic E-state index is 0.0611. The van der Waals surface area contributed by atoms with E-state index in [1.165, 1.54) is 0 Å². The molecule has 0 bridgehead atoms. The number of Topliss-reactive ketones (excluding diaryl/α,β-unsaturated/α-hetero) is 1. The summed E-state index contributed by atoms with van der Waals surface area (Å²) in [5.41, 5.74) is 0.778. The zero-order valence-electron chi connectivity index (χ0n) is 16.7. The summed E-state index contributed by atoms with van der Waals surface area (Å²) >= 11 is 0. The lowest BCUT2D eigenvalue weighted by Crippen LogP contribution is -2.46. The summed E-state index contributed by atoms with van der Waals surface area (Å²) in [7, 11) is -1.85. The molecule has 0 aromatic heterocycles. The summed E-state index contributed by atoms with van der Waals surface area (Å²) in [6, 6.07) is 0. The van der Waals surface area contributed by atoms with Gasteiger partial charge in [0.05, 0.1) is 12.0 Å². The summed E-state index contributed by atoms with van der Waals surface area (Å²) in [5, 5.41) is 0.175. The molecule has 0 radical (unpaired) electrons. The molecule has 3 nitrogen and oxygen atoms in total. The fourth-order valence-electron chi connectivity index (χ4n) is 2.78. The van der Waals surface area contributed by atoms with Crippen molar-refractivity contribution in [3.63, 3.8) is 0 Å². The topological polar surface area (TPSA) is 35.5 Å². The first-order chi connectivity index (χ1) is 10.3. The van der Waals surface area contributed by atoms with Gasteiger partial charge in [0.2, 0.25) is 0 Å². The lowest BCUT2D eigenvalue weighted by atomic mass is 9.87. The van der Waals surface area contributed by atoms with Crippen LogP contribution in [-0.2, 0) is 14.0 Å². The number of rotatable bonds is 5. The maximum Gasteiger partial charge on any atom is 0.192 e. The Balaban J connectivity index is 3.06. The van der Waals surface area contributed by atoms with Gasteiger partial charge in [-0.05, 0) is 38.4 Å². The molecule has 4 atom stereocenters. The van der Waals surface area contributed by atoms with E-state index in [1.807, 2.05) is 20.8 Å². The lowest BCUT2D eigenvalue weighted by molar-refractivity contribution is -0.125. The zero-order chi connectivity index (χ0) is 18.2. The Hall–Kier alpha value is -0.613. The molecule has 0 spiro atoms. The number of carbonyl (C=O) groups is 1. The van der Waals surface area contributed by atoms with Crippen LogP contribution in [0.15, 0.2) is 11.3 Å². The molecule has 0 saturated heterocycles. The molecular weight excluding hydrogens is 304 g/mol. The molecule has 0 aliphatic carbocycles. The van der Waals surface area contributed by atoms with Gasteiger partial charge in [0.25, 0.3) is 0 Å². The number of carbonyl (C=O) groups excluding carboxylic acids is 1. The maximum absolute atomic E-state index is 12.4. The van der Waals surface area contributed by atoms with Crippen LogP contribution in [0.4, 0.5) is 0 Å². The predicted molar refractivity (Wildman–Crippen MR) is 98.9 cm³/mol. The van der Waals surface area contributed by atoms with E-state index in [0.717, 1.165) is 17.8 Å². The van der Waals surface area contributed by atoms with Gasteiger partial charge in [0.15, 0.2) is 14.1 Å². The second kappa shape index (κ2) is 7.10. The monoisotopic (exact) mass is 340 g/mol. The van der Waals surface area contributed by atoms with E-state index in [9.17, 15) is 4.79 Å². The van der Waals surface area contributed by atoms with Gasteiger partial charge < -0.3 is 9.16 Å². The highest BCUT2D eigenvalue weighted by Crippen LogP contribution is 2.40. The summed E-state index contributed by atoms with van der Waals surface area (Å²) in [6.07, 6.45) is 0.953. The molecule has 1 rings (SSSR count). The largest absolute Gasteiger partial charge is 0.494 e. The van der Waals surface area contributed by atoms with E-state index in [4.69, 9.17) is 9.16 Å². The summed E-state index contributed by atoms with van der Waals surface area (Å²) in [4.78, 5) is 12.4. The SMILES string of the molecule is CC[C@H](O[Si](C)(C)C(C)(C)C)[C@H](C)C1=C(C)C(=O)[C@H](C)[C@H](C)O1. The predicted octanol–water partition coefficient (Wildman–Crippen LogP) is 5.32. The van der Waals surface area contributed by atoms with E-state index >= 15 is 0 Å². The highest BCUT2D eigenvalue weighted by Gasteiger charge is 2.42. The second-order valence-electron chi connectivity index (χ2n) is 8.58. The molecule has 0 saturated carbocycles. The lowest BCUT2D eigenvalue weighted by Gasteiger charge is -2.42. The summed E-state index contributed by atoms with van der Waals surface area (Å²) in [6.45, 7) is 21.4. The molecular formula is C19H36O3Si. The third kappa shape index (κ3) is 4.27. The van der Waals surface area contributed by atoms with Crippen LogP contribution in [0.3, 0.4) is 0 Å². The Labute approximate surface area is 144 Å². The normalized spacial score (nSPS) is 26.1. The third-order valence-electron chi connectivity index (χ3n) is 5.80. The smallest absolute Gasteiger partial charge is 0.192 e. The van der Waals surface area contributed by atoms with Gasteiger partial charge >= 0.3 is 0 Å². The van der Waals surface area contributed by atoms with Gasteiger partial charge in [-0.25, -0.2) is 0 Å². The minimum Gasteiger partial charge on any atom is -0.494 e. The van der Waals surface area contributed by atoms with Crippen molar-refractivity contribution in [2.24, 2.45) is 11.8 Å². The number of hydrogen-bond acceptors (Lipinski definition) is 3. The Kier molecular flexibility index (Phi) is 6.31. The van der Waals surface area contributed by atoms with Crippen LogP contribution in [0.2, 0.25) is 18.1 Å². The Morgan fingerprint density at radius 2 is 1.78 bits per heavy atom. The van der Waals surface area contributed by atoms with Gasteiger partial charge in [-0.2, -0.15) is 0 Å². The Bertz CT molecular complexity index is 473. The van der Waals surface area contributed by atoms with E-state index in [2.05, 4.69) is 47.7 Å². The minimum atomic E-state index is -1.85. The molecule has 1 aliphatic heterocycles.